The van der Waals surface area contributed by atoms with Crippen LogP contribution in [0.15, 0.2) is 24.3 Å². The predicted molar refractivity (Wildman–Crippen MR) is 70.7 cm³/mol. The van der Waals surface area contributed by atoms with Crippen LogP contribution >= 0.6 is 0 Å². The normalized spacial score (nSPS) is 18.3. The second-order valence-corrected chi connectivity index (χ2v) is 7.78. The van der Waals surface area contributed by atoms with Gasteiger partial charge in [0.1, 0.15) is 0 Å². The van der Waals surface area contributed by atoms with Crippen LogP contribution in [0.1, 0.15) is 32.3 Å². The fourth-order valence-corrected chi connectivity index (χ4v) is 3.72. The quantitative estimate of drug-likeness (QED) is 0.836. The van der Waals surface area contributed by atoms with Gasteiger partial charge in [-0.05, 0) is 38.3 Å². The van der Waals surface area contributed by atoms with Gasteiger partial charge in [-0.25, -0.2) is 8.42 Å². The first-order valence-electron chi connectivity index (χ1n) is 5.94. The van der Waals surface area contributed by atoms with Crippen LogP contribution in [0.5, 0.6) is 0 Å². The fourth-order valence-electron chi connectivity index (χ4n) is 2.17. The molecule has 4 heteroatoms. The molecule has 0 unspecified atom stereocenters. The Hall–Kier alpha value is -1.03. The number of anilines is 1. The molecule has 0 atom stereocenters. The van der Waals surface area contributed by atoms with Crippen molar-refractivity contribution in [3.8, 4) is 0 Å². The molecular weight excluding hydrogens is 234 g/mol. The van der Waals surface area contributed by atoms with E-state index in [1.165, 1.54) is 0 Å². The summed E-state index contributed by atoms with van der Waals surface area (Å²) in [4.78, 5) is 0. The smallest absolute Gasteiger partial charge is 0.153 e. The molecule has 1 fully saturated rings. The van der Waals surface area contributed by atoms with Gasteiger partial charge < -0.3 is 5.73 Å². The molecule has 0 amide bonds. The Morgan fingerprint density at radius 3 is 2.35 bits per heavy atom. The first kappa shape index (κ1) is 12.4. The molecule has 2 rings (SSSR count). The van der Waals surface area contributed by atoms with Crippen LogP contribution in [0.3, 0.4) is 0 Å². The summed E-state index contributed by atoms with van der Waals surface area (Å²) in [6.45, 7) is 3.47. The van der Waals surface area contributed by atoms with E-state index in [0.29, 0.717) is 5.69 Å². The summed E-state index contributed by atoms with van der Waals surface area (Å²) in [5.41, 5.74) is 7.45. The molecule has 0 aromatic heterocycles. The number of nitrogen functional groups attached to an aromatic ring is 1. The van der Waals surface area contributed by atoms with Crippen molar-refractivity contribution in [3.63, 3.8) is 0 Å². The summed E-state index contributed by atoms with van der Waals surface area (Å²) in [7, 11) is -3.01. The van der Waals surface area contributed by atoms with Gasteiger partial charge in [0, 0.05) is 11.1 Å². The summed E-state index contributed by atoms with van der Waals surface area (Å²) in [5, 5.41) is -0.315. The first-order valence-corrected chi connectivity index (χ1v) is 7.65. The standard InChI is InChI=1S/C13H19NO2S/c1-10(2)17(15,16)9-13(7-8-13)11-5-3-4-6-12(11)14/h3-6,10H,7-9,14H2,1-2H3. The highest BCUT2D eigenvalue weighted by Gasteiger charge is 2.48. The van der Waals surface area contributed by atoms with E-state index >= 15 is 0 Å². The molecule has 0 radical (unpaired) electrons. The summed E-state index contributed by atoms with van der Waals surface area (Å²) in [6.07, 6.45) is 1.85. The van der Waals surface area contributed by atoms with Gasteiger partial charge in [-0.15, -0.1) is 0 Å². The van der Waals surface area contributed by atoms with E-state index in [1.54, 1.807) is 13.8 Å². The van der Waals surface area contributed by atoms with Crippen LogP contribution < -0.4 is 5.73 Å². The minimum Gasteiger partial charge on any atom is -0.398 e. The molecule has 94 valence electrons. The van der Waals surface area contributed by atoms with Gasteiger partial charge in [0.2, 0.25) is 0 Å². The Labute approximate surface area is 103 Å². The van der Waals surface area contributed by atoms with Crippen molar-refractivity contribution in [2.45, 2.75) is 37.4 Å². The second kappa shape index (κ2) is 4.02. The average molecular weight is 253 g/mol. The molecule has 1 aromatic carbocycles. The van der Waals surface area contributed by atoms with Crippen LogP contribution in [0.4, 0.5) is 5.69 Å². The summed E-state index contributed by atoms with van der Waals surface area (Å²) < 4.78 is 24.1. The molecule has 0 aliphatic heterocycles. The topological polar surface area (TPSA) is 60.2 Å². The van der Waals surface area contributed by atoms with Gasteiger partial charge in [0.15, 0.2) is 9.84 Å². The van der Waals surface area contributed by atoms with Gasteiger partial charge in [0.05, 0.1) is 11.0 Å². The molecule has 1 aliphatic rings. The van der Waals surface area contributed by atoms with Gasteiger partial charge >= 0.3 is 0 Å². The average Bonchev–Trinajstić information content (AvgIpc) is 2.98. The van der Waals surface area contributed by atoms with Crippen LogP contribution in [-0.2, 0) is 15.3 Å². The summed E-state index contributed by atoms with van der Waals surface area (Å²) in [5.74, 6) is 0.228. The maximum absolute atomic E-state index is 12.0. The van der Waals surface area contributed by atoms with E-state index in [4.69, 9.17) is 5.73 Å². The Morgan fingerprint density at radius 1 is 1.29 bits per heavy atom. The van der Waals surface area contributed by atoms with Crippen molar-refractivity contribution in [1.29, 1.82) is 0 Å². The molecule has 0 heterocycles. The third kappa shape index (κ3) is 2.32. The van der Waals surface area contributed by atoms with E-state index in [0.717, 1.165) is 18.4 Å². The molecule has 1 aliphatic carbocycles. The number of sulfone groups is 1. The van der Waals surface area contributed by atoms with Crippen molar-refractivity contribution >= 4 is 15.5 Å². The van der Waals surface area contributed by atoms with E-state index in [2.05, 4.69) is 0 Å². The third-order valence-electron chi connectivity index (χ3n) is 3.58. The minimum atomic E-state index is -3.01. The van der Waals surface area contributed by atoms with Crippen molar-refractivity contribution in [3.05, 3.63) is 29.8 Å². The van der Waals surface area contributed by atoms with E-state index < -0.39 is 9.84 Å². The van der Waals surface area contributed by atoms with Gasteiger partial charge in [-0.1, -0.05) is 18.2 Å². The lowest BCUT2D eigenvalue weighted by molar-refractivity contribution is 0.577. The van der Waals surface area contributed by atoms with Crippen LogP contribution in [0, 0.1) is 0 Å². The molecule has 0 saturated heterocycles. The molecule has 1 aromatic rings. The zero-order valence-electron chi connectivity index (χ0n) is 10.3. The van der Waals surface area contributed by atoms with E-state index in [1.807, 2.05) is 24.3 Å². The Bertz CT molecular complexity index is 516. The highest BCUT2D eigenvalue weighted by atomic mass is 32.2. The number of hydrogen-bond donors (Lipinski definition) is 1. The number of rotatable bonds is 4. The molecular formula is C13H19NO2S. The molecule has 0 bridgehead atoms. The SMILES string of the molecule is CC(C)S(=O)(=O)CC1(c2ccccc2N)CC1. The first-order chi connectivity index (χ1) is 7.87. The Balaban J connectivity index is 2.31. The predicted octanol–water partition coefficient (Wildman–Crippen LogP) is 2.12. The zero-order valence-corrected chi connectivity index (χ0v) is 11.1. The summed E-state index contributed by atoms with van der Waals surface area (Å²) in [6, 6.07) is 7.61. The van der Waals surface area contributed by atoms with Gasteiger partial charge in [-0.2, -0.15) is 0 Å². The van der Waals surface area contributed by atoms with E-state index in [9.17, 15) is 8.42 Å². The molecule has 1 saturated carbocycles. The molecule has 3 nitrogen and oxygen atoms in total. The third-order valence-corrected chi connectivity index (χ3v) is 5.97. The number of benzene rings is 1. The highest BCUT2D eigenvalue weighted by Crippen LogP contribution is 2.51. The number of para-hydroxylation sites is 1. The Kier molecular flexibility index (Phi) is 2.94. The fraction of sp³-hybridized carbons (Fsp3) is 0.538. The van der Waals surface area contributed by atoms with Crippen LogP contribution in [0.2, 0.25) is 0 Å². The lowest BCUT2D eigenvalue weighted by Gasteiger charge is -2.19. The summed E-state index contributed by atoms with van der Waals surface area (Å²) >= 11 is 0. The Morgan fingerprint density at radius 2 is 1.88 bits per heavy atom. The number of hydrogen-bond acceptors (Lipinski definition) is 3. The van der Waals surface area contributed by atoms with Crippen molar-refractivity contribution in [2.75, 3.05) is 11.5 Å². The highest BCUT2D eigenvalue weighted by molar-refractivity contribution is 7.92. The number of nitrogens with two attached hydrogens (primary N) is 1. The molecule has 2 N–H and O–H groups in total. The van der Waals surface area contributed by atoms with Crippen molar-refractivity contribution < 1.29 is 8.42 Å². The van der Waals surface area contributed by atoms with E-state index in [-0.39, 0.29) is 16.4 Å². The molecule has 17 heavy (non-hydrogen) atoms. The van der Waals surface area contributed by atoms with Gasteiger partial charge in [-0.3, -0.25) is 0 Å². The lowest BCUT2D eigenvalue weighted by Crippen LogP contribution is -2.27. The molecule has 0 spiro atoms. The van der Waals surface area contributed by atoms with Crippen LogP contribution in [-0.4, -0.2) is 19.4 Å². The second-order valence-electron chi connectivity index (χ2n) is 5.22. The zero-order chi connectivity index (χ0) is 12.7. The maximum Gasteiger partial charge on any atom is 0.153 e. The van der Waals surface area contributed by atoms with Crippen molar-refractivity contribution in [2.24, 2.45) is 0 Å². The van der Waals surface area contributed by atoms with Crippen LogP contribution in [0.25, 0.3) is 0 Å². The lowest BCUT2D eigenvalue weighted by atomic mass is 9.96. The van der Waals surface area contributed by atoms with Gasteiger partial charge in [0.25, 0.3) is 0 Å². The van der Waals surface area contributed by atoms with Crippen molar-refractivity contribution in [1.82, 2.24) is 0 Å². The monoisotopic (exact) mass is 253 g/mol. The minimum absolute atomic E-state index is 0.214. The largest absolute Gasteiger partial charge is 0.398 e. The maximum atomic E-state index is 12.0.